The fourth-order valence-electron chi connectivity index (χ4n) is 5.50. The summed E-state index contributed by atoms with van der Waals surface area (Å²) in [4.78, 5) is 43.8. The Hall–Kier alpha value is -5.39. The number of fused-ring (bicyclic) bond motifs is 2. The number of aromatic nitrogens is 2. The van der Waals surface area contributed by atoms with Crippen molar-refractivity contribution in [1.29, 1.82) is 0 Å². The highest BCUT2D eigenvalue weighted by atomic mass is 32.1. The van der Waals surface area contributed by atoms with Crippen molar-refractivity contribution in [3.8, 4) is 0 Å². The normalized spacial score (nSPS) is 15.6. The van der Waals surface area contributed by atoms with Gasteiger partial charge in [0.05, 0.1) is 10.3 Å². The summed E-state index contributed by atoms with van der Waals surface area (Å²) < 4.78 is 4.80. The van der Waals surface area contributed by atoms with E-state index in [4.69, 9.17) is 0 Å². The Morgan fingerprint density at radius 2 is 1.64 bits per heavy atom. The van der Waals surface area contributed by atoms with Gasteiger partial charge < -0.3 is 25.8 Å². The molecule has 0 aliphatic carbocycles. The van der Waals surface area contributed by atoms with Gasteiger partial charge in [-0.1, -0.05) is 28.8 Å². The molecule has 224 valence electrons. The second kappa shape index (κ2) is 11.9. The third-order valence-electron chi connectivity index (χ3n) is 8.08. The number of hydrogen-bond donors (Lipinski definition) is 3. The lowest BCUT2D eigenvalue weighted by atomic mass is 9.99. The molecule has 7 rings (SSSR count). The van der Waals surface area contributed by atoms with Gasteiger partial charge in [0.25, 0.3) is 11.8 Å². The topological polar surface area (TPSA) is 120 Å². The van der Waals surface area contributed by atoms with Crippen LogP contribution in [0.1, 0.15) is 31.8 Å². The summed E-state index contributed by atoms with van der Waals surface area (Å²) in [5.41, 5.74) is 6.26. The maximum absolute atomic E-state index is 13.4. The summed E-state index contributed by atoms with van der Waals surface area (Å²) in [6.07, 6.45) is 1.70. The SMILES string of the molecule is CN1CCN(c2ccc(NC=C3C(=O)Nc4cc(C(=O)c5cccc(NC(=O)c6ccc7snnc7c6)c5)ccc43)cc2)CC1. The van der Waals surface area contributed by atoms with Gasteiger partial charge in [0.15, 0.2) is 5.78 Å². The maximum atomic E-state index is 13.4. The molecule has 11 heteroatoms. The number of carbonyl (C=O) groups is 3. The molecule has 1 fully saturated rings. The second-order valence-electron chi connectivity index (χ2n) is 11.1. The number of ketones is 1. The Balaban J connectivity index is 1.03. The van der Waals surface area contributed by atoms with Gasteiger partial charge >= 0.3 is 0 Å². The van der Waals surface area contributed by atoms with Crippen LogP contribution < -0.4 is 20.9 Å². The quantitative estimate of drug-likeness (QED) is 0.166. The van der Waals surface area contributed by atoms with Gasteiger partial charge in [0.1, 0.15) is 5.52 Å². The summed E-state index contributed by atoms with van der Waals surface area (Å²) in [5, 5.41) is 13.0. The predicted octanol–water partition coefficient (Wildman–Crippen LogP) is 5.33. The molecule has 0 unspecified atom stereocenters. The van der Waals surface area contributed by atoms with Gasteiger partial charge in [-0.15, -0.1) is 5.10 Å². The lowest BCUT2D eigenvalue weighted by Gasteiger charge is -2.34. The Bertz CT molecular complexity index is 1980. The fraction of sp³-hybridized carbons (Fsp3) is 0.147. The summed E-state index contributed by atoms with van der Waals surface area (Å²) in [6.45, 7) is 4.09. The zero-order valence-electron chi connectivity index (χ0n) is 24.4. The zero-order valence-corrected chi connectivity index (χ0v) is 25.2. The van der Waals surface area contributed by atoms with Crippen LogP contribution in [-0.4, -0.2) is 65.3 Å². The Kier molecular flexibility index (Phi) is 7.54. The van der Waals surface area contributed by atoms with Crippen molar-refractivity contribution in [3.05, 3.63) is 113 Å². The number of benzene rings is 4. The van der Waals surface area contributed by atoms with E-state index in [1.54, 1.807) is 60.8 Å². The lowest BCUT2D eigenvalue weighted by molar-refractivity contribution is -0.110. The molecule has 45 heavy (non-hydrogen) atoms. The van der Waals surface area contributed by atoms with Crippen molar-refractivity contribution in [2.75, 3.05) is 54.1 Å². The minimum absolute atomic E-state index is 0.228. The first-order valence-corrected chi connectivity index (χ1v) is 15.3. The highest BCUT2D eigenvalue weighted by molar-refractivity contribution is 7.12. The Morgan fingerprint density at radius 1 is 0.867 bits per heavy atom. The minimum atomic E-state index is -0.311. The molecule has 4 aromatic carbocycles. The van der Waals surface area contributed by atoms with Crippen molar-refractivity contribution in [3.63, 3.8) is 0 Å². The minimum Gasteiger partial charge on any atom is -0.369 e. The van der Waals surface area contributed by atoms with E-state index in [1.807, 2.05) is 18.2 Å². The molecule has 0 atom stereocenters. The smallest absolute Gasteiger partial charge is 0.257 e. The molecule has 0 saturated carbocycles. The summed E-state index contributed by atoms with van der Waals surface area (Å²) in [7, 11) is 2.14. The molecule has 2 amide bonds. The van der Waals surface area contributed by atoms with Gasteiger partial charge in [-0.05, 0) is 79.2 Å². The van der Waals surface area contributed by atoms with Crippen LogP contribution in [0, 0.1) is 0 Å². The van der Waals surface area contributed by atoms with E-state index in [0.29, 0.717) is 44.7 Å². The Labute approximate surface area is 263 Å². The maximum Gasteiger partial charge on any atom is 0.257 e. The standard InChI is InChI=1S/C34H29N7O3S/c1-40-13-15-41(16-14-40)26-9-7-24(8-10-26)35-20-28-27-11-5-22(18-29(27)37-34(28)44)32(42)21-3-2-4-25(17-21)36-33(43)23-6-12-31-30(19-23)38-39-45-31/h2-12,17-20,35H,13-16H2,1H3,(H,36,43)(H,37,44). The molecule has 5 aromatic rings. The molecule has 1 saturated heterocycles. The van der Waals surface area contributed by atoms with E-state index in [2.05, 4.69) is 54.5 Å². The van der Waals surface area contributed by atoms with Gasteiger partial charge in [0.2, 0.25) is 0 Å². The van der Waals surface area contributed by atoms with E-state index in [0.717, 1.165) is 36.6 Å². The number of anilines is 4. The number of carbonyl (C=O) groups excluding carboxylic acids is 3. The number of nitrogens with one attached hydrogen (secondary N) is 3. The number of hydrogen-bond acceptors (Lipinski definition) is 9. The van der Waals surface area contributed by atoms with E-state index in [1.165, 1.54) is 17.2 Å². The highest BCUT2D eigenvalue weighted by Gasteiger charge is 2.25. The van der Waals surface area contributed by atoms with E-state index in [9.17, 15) is 14.4 Å². The van der Waals surface area contributed by atoms with Crippen LogP contribution in [-0.2, 0) is 4.79 Å². The van der Waals surface area contributed by atoms with E-state index in [-0.39, 0.29) is 17.6 Å². The van der Waals surface area contributed by atoms with Crippen molar-refractivity contribution in [1.82, 2.24) is 14.5 Å². The molecule has 1 aromatic heterocycles. The molecular formula is C34H29N7O3S. The van der Waals surface area contributed by atoms with Crippen molar-refractivity contribution in [2.24, 2.45) is 0 Å². The van der Waals surface area contributed by atoms with Crippen LogP contribution >= 0.6 is 11.5 Å². The molecule has 2 aliphatic rings. The molecule has 3 N–H and O–H groups in total. The van der Waals surface area contributed by atoms with Crippen molar-refractivity contribution in [2.45, 2.75) is 0 Å². The molecule has 2 aliphatic heterocycles. The fourth-order valence-corrected chi connectivity index (χ4v) is 6.04. The average Bonchev–Trinajstić information content (AvgIpc) is 3.66. The van der Waals surface area contributed by atoms with Crippen LogP contribution in [0.15, 0.2) is 91.1 Å². The summed E-state index contributed by atoms with van der Waals surface area (Å²) in [6, 6.07) is 25.4. The zero-order chi connectivity index (χ0) is 30.9. The van der Waals surface area contributed by atoms with Crippen molar-refractivity contribution < 1.29 is 14.4 Å². The van der Waals surface area contributed by atoms with Gasteiger partial charge in [-0.25, -0.2) is 0 Å². The highest BCUT2D eigenvalue weighted by Crippen LogP contribution is 2.33. The van der Waals surface area contributed by atoms with Gasteiger partial charge in [0, 0.05) is 77.4 Å². The average molecular weight is 616 g/mol. The Morgan fingerprint density at radius 3 is 2.47 bits per heavy atom. The van der Waals surface area contributed by atoms with E-state index < -0.39 is 0 Å². The number of amides is 2. The molecule has 0 bridgehead atoms. The second-order valence-corrected chi connectivity index (χ2v) is 11.9. The summed E-state index contributed by atoms with van der Waals surface area (Å²) >= 11 is 1.27. The first-order chi connectivity index (χ1) is 21.9. The number of piperazine rings is 1. The molecule has 0 spiro atoms. The monoisotopic (exact) mass is 615 g/mol. The van der Waals surface area contributed by atoms with Crippen LogP contribution in [0.4, 0.5) is 22.7 Å². The molecule has 10 nitrogen and oxygen atoms in total. The van der Waals surface area contributed by atoms with Gasteiger partial charge in [-0.3, -0.25) is 14.4 Å². The van der Waals surface area contributed by atoms with Crippen LogP contribution in [0.5, 0.6) is 0 Å². The van der Waals surface area contributed by atoms with Gasteiger partial charge in [-0.2, -0.15) is 0 Å². The third-order valence-corrected chi connectivity index (χ3v) is 8.78. The first-order valence-electron chi connectivity index (χ1n) is 14.6. The lowest BCUT2D eigenvalue weighted by Crippen LogP contribution is -2.44. The van der Waals surface area contributed by atoms with E-state index >= 15 is 0 Å². The number of nitrogens with zero attached hydrogens (tertiary/aromatic N) is 4. The van der Waals surface area contributed by atoms with Crippen LogP contribution in [0.3, 0.4) is 0 Å². The molecule has 3 heterocycles. The van der Waals surface area contributed by atoms with Crippen LogP contribution in [0.2, 0.25) is 0 Å². The number of rotatable bonds is 7. The number of likely N-dealkylation sites (N-methyl/N-ethyl adjacent to an activating group) is 1. The summed E-state index contributed by atoms with van der Waals surface area (Å²) in [5.74, 6) is -0.782. The third kappa shape index (κ3) is 5.91. The van der Waals surface area contributed by atoms with Crippen LogP contribution in [0.25, 0.3) is 15.8 Å². The molecular weight excluding hydrogens is 586 g/mol. The van der Waals surface area contributed by atoms with Crippen molar-refractivity contribution >= 4 is 67.7 Å². The largest absolute Gasteiger partial charge is 0.369 e. The predicted molar refractivity (Wildman–Crippen MR) is 178 cm³/mol. The molecule has 0 radical (unpaired) electrons. The first kappa shape index (κ1) is 28.4.